The van der Waals surface area contributed by atoms with Crippen molar-refractivity contribution in [1.29, 1.82) is 0 Å². The Morgan fingerprint density at radius 2 is 1.45 bits per heavy atom. The van der Waals surface area contributed by atoms with Gasteiger partial charge in [-0.25, -0.2) is 0 Å². The molecule has 2 N–H and O–H groups in total. The van der Waals surface area contributed by atoms with E-state index < -0.39 is 5.79 Å². The molecule has 0 rings (SSSR count). The molecule has 0 radical (unpaired) electrons. The molecule has 0 saturated heterocycles. The second kappa shape index (κ2) is 23.3. The zero-order valence-electron chi connectivity index (χ0n) is 21.5. The Hall–Kier alpha value is -0.980. The number of nitrogens with one attached hydrogen (secondary N) is 2. The topological polar surface area (TPSA) is 76.7 Å². The molecule has 6 heteroatoms. The summed E-state index contributed by atoms with van der Waals surface area (Å²) in [7, 11) is 1.87. The number of ether oxygens (including phenoxy) is 2. The van der Waals surface area contributed by atoms with Crippen molar-refractivity contribution in [2.75, 3.05) is 33.4 Å². The third-order valence-electron chi connectivity index (χ3n) is 4.23. The molecule has 0 heterocycles. The number of hydrogen-bond acceptors (Lipinski definition) is 5. The van der Waals surface area contributed by atoms with Gasteiger partial charge in [0, 0.05) is 19.5 Å². The number of amides is 1. The van der Waals surface area contributed by atoms with E-state index in [2.05, 4.69) is 38.3 Å². The molecule has 1 atom stereocenters. The zero-order valence-corrected chi connectivity index (χ0v) is 21.5. The molecule has 178 valence electrons. The average molecular weight is 421 g/mol. The molecule has 1 unspecified atom stereocenters. The molecule has 6 nitrogen and oxygen atoms in total. The molecule has 0 aliphatic carbocycles. The van der Waals surface area contributed by atoms with Gasteiger partial charge in [-0.3, -0.25) is 4.79 Å². The molecular formula is C23H52N2O4. The first-order chi connectivity index (χ1) is 13.5. The predicted octanol–water partition coefficient (Wildman–Crippen LogP) is 4.81. The number of likely N-dealkylation sites (N-methyl/N-ethyl adjacent to an activating group) is 1. The molecule has 1 amide bonds. The van der Waals surface area contributed by atoms with Crippen molar-refractivity contribution in [1.82, 2.24) is 10.6 Å². The first-order valence-electron chi connectivity index (χ1n) is 11.1. The first kappa shape index (κ1) is 35.5. The van der Waals surface area contributed by atoms with Crippen LogP contribution in [-0.4, -0.2) is 51.3 Å². The third-order valence-corrected chi connectivity index (χ3v) is 4.23. The van der Waals surface area contributed by atoms with Gasteiger partial charge in [-0.05, 0) is 39.2 Å². The van der Waals surface area contributed by atoms with Gasteiger partial charge in [0.15, 0.2) is 5.79 Å². The lowest BCUT2D eigenvalue weighted by Gasteiger charge is -2.29. The summed E-state index contributed by atoms with van der Waals surface area (Å²) < 4.78 is 10.9. The Morgan fingerprint density at radius 3 is 1.79 bits per heavy atom. The molecule has 0 aromatic rings. The van der Waals surface area contributed by atoms with E-state index in [1.807, 2.05) is 48.6 Å². The highest BCUT2D eigenvalue weighted by molar-refractivity contribution is 5.76. The number of Topliss-reactive ketones (excluding diaryl/α,β-unsaturated/α-hetero) is 1. The lowest BCUT2D eigenvalue weighted by atomic mass is 9.75. The standard InChI is InChI=1S/C10H20O.C9H20N2O3.2C2H6/c1-6-8(2)10(4,5)7-9(3)11;1-9(2,13-6-4-10-3)14-7-5-11-8-12;2*1-2/h8H,6-7H2,1-5H3;8,10H,4-7H2,1-3H3,(H,11,12);2*1-2H3. The molecule has 0 aliphatic heterocycles. The van der Waals surface area contributed by atoms with Gasteiger partial charge in [0.2, 0.25) is 6.41 Å². The van der Waals surface area contributed by atoms with E-state index in [1.54, 1.807) is 6.92 Å². The fourth-order valence-electron chi connectivity index (χ4n) is 2.22. The number of hydrogen-bond donors (Lipinski definition) is 2. The molecule has 0 aliphatic rings. The van der Waals surface area contributed by atoms with Crippen LogP contribution in [0, 0.1) is 11.3 Å². The predicted molar refractivity (Wildman–Crippen MR) is 125 cm³/mol. The van der Waals surface area contributed by atoms with Crippen LogP contribution in [0.25, 0.3) is 0 Å². The highest BCUT2D eigenvalue weighted by atomic mass is 16.7. The number of ketones is 1. The summed E-state index contributed by atoms with van der Waals surface area (Å²) in [5.74, 6) is 0.336. The largest absolute Gasteiger partial charge is 0.356 e. The monoisotopic (exact) mass is 420 g/mol. The van der Waals surface area contributed by atoms with E-state index in [9.17, 15) is 9.59 Å². The Bertz CT molecular complexity index is 359. The van der Waals surface area contributed by atoms with Gasteiger partial charge in [0.05, 0.1) is 13.2 Å². The van der Waals surface area contributed by atoms with Gasteiger partial charge in [-0.15, -0.1) is 0 Å². The third kappa shape index (κ3) is 27.0. The van der Waals surface area contributed by atoms with Crippen LogP contribution in [0.2, 0.25) is 0 Å². The van der Waals surface area contributed by atoms with Crippen molar-refractivity contribution in [3.63, 3.8) is 0 Å². The van der Waals surface area contributed by atoms with Gasteiger partial charge in [-0.1, -0.05) is 61.8 Å². The average Bonchev–Trinajstić information content (AvgIpc) is 2.67. The quantitative estimate of drug-likeness (QED) is 0.254. The minimum atomic E-state index is -0.596. The summed E-state index contributed by atoms with van der Waals surface area (Å²) in [6.45, 7) is 24.4. The van der Waals surface area contributed by atoms with Crippen molar-refractivity contribution in [2.24, 2.45) is 11.3 Å². The molecular weight excluding hydrogens is 368 g/mol. The van der Waals surface area contributed by atoms with Crippen LogP contribution in [0.4, 0.5) is 0 Å². The van der Waals surface area contributed by atoms with Crippen molar-refractivity contribution in [3.8, 4) is 0 Å². The van der Waals surface area contributed by atoms with Crippen LogP contribution >= 0.6 is 0 Å². The van der Waals surface area contributed by atoms with Crippen LogP contribution in [0.15, 0.2) is 0 Å². The van der Waals surface area contributed by atoms with Crippen molar-refractivity contribution in [2.45, 2.75) is 94.8 Å². The lowest BCUT2D eigenvalue weighted by Crippen LogP contribution is -2.33. The van der Waals surface area contributed by atoms with E-state index in [0.29, 0.717) is 44.3 Å². The van der Waals surface area contributed by atoms with Gasteiger partial charge in [0.1, 0.15) is 5.78 Å². The van der Waals surface area contributed by atoms with Crippen LogP contribution in [0.3, 0.4) is 0 Å². The van der Waals surface area contributed by atoms with Crippen LogP contribution in [-0.2, 0) is 19.1 Å². The van der Waals surface area contributed by atoms with Gasteiger partial charge in [0.25, 0.3) is 0 Å². The van der Waals surface area contributed by atoms with Crippen LogP contribution < -0.4 is 10.6 Å². The van der Waals surface area contributed by atoms with E-state index in [1.165, 1.54) is 0 Å². The SMILES string of the molecule is CC.CC.CCC(C)C(C)(C)CC(C)=O.CNCCOC(C)(C)OCCNC=O. The van der Waals surface area contributed by atoms with Gasteiger partial charge < -0.3 is 24.9 Å². The maximum atomic E-state index is 10.9. The fourth-order valence-corrected chi connectivity index (χ4v) is 2.22. The zero-order chi connectivity index (χ0) is 23.9. The molecule has 29 heavy (non-hydrogen) atoms. The molecule has 0 aromatic carbocycles. The van der Waals surface area contributed by atoms with E-state index >= 15 is 0 Å². The fraction of sp³-hybridized carbons (Fsp3) is 0.913. The maximum absolute atomic E-state index is 10.9. The lowest BCUT2D eigenvalue weighted by molar-refractivity contribution is -0.211. The van der Waals surface area contributed by atoms with Gasteiger partial charge in [-0.2, -0.15) is 0 Å². The summed E-state index contributed by atoms with van der Waals surface area (Å²) in [6.07, 6.45) is 2.51. The highest BCUT2D eigenvalue weighted by Crippen LogP contribution is 2.32. The highest BCUT2D eigenvalue weighted by Gasteiger charge is 2.25. The summed E-state index contributed by atoms with van der Waals surface area (Å²) in [4.78, 5) is 20.8. The van der Waals surface area contributed by atoms with Crippen molar-refractivity contribution < 1.29 is 19.1 Å². The number of carbonyl (C=O) groups is 2. The smallest absolute Gasteiger partial charge is 0.207 e. The minimum absolute atomic E-state index is 0.181. The summed E-state index contributed by atoms with van der Waals surface area (Å²) in [5.41, 5.74) is 0.181. The van der Waals surface area contributed by atoms with Crippen LogP contribution in [0.1, 0.15) is 89.0 Å². The summed E-state index contributed by atoms with van der Waals surface area (Å²) in [5, 5.41) is 5.49. The van der Waals surface area contributed by atoms with Crippen LogP contribution in [0.5, 0.6) is 0 Å². The minimum Gasteiger partial charge on any atom is -0.356 e. The molecule has 0 fully saturated rings. The second-order valence-electron chi connectivity index (χ2n) is 7.45. The van der Waals surface area contributed by atoms with E-state index in [0.717, 1.165) is 13.0 Å². The summed E-state index contributed by atoms with van der Waals surface area (Å²) >= 11 is 0. The Kier molecular flexibility index (Phi) is 28.5. The molecule has 0 bridgehead atoms. The Labute approximate surface area is 181 Å². The normalized spacial score (nSPS) is 11.4. The Morgan fingerprint density at radius 1 is 1.00 bits per heavy atom. The maximum Gasteiger partial charge on any atom is 0.207 e. The molecule has 0 spiro atoms. The molecule has 0 aromatic heterocycles. The van der Waals surface area contributed by atoms with Gasteiger partial charge >= 0.3 is 0 Å². The number of carbonyl (C=O) groups excluding carboxylic acids is 2. The Balaban J connectivity index is -0.000000187. The number of rotatable bonds is 13. The second-order valence-corrected chi connectivity index (χ2v) is 7.45. The summed E-state index contributed by atoms with van der Waals surface area (Å²) in [6, 6.07) is 0. The molecule has 0 saturated carbocycles. The van der Waals surface area contributed by atoms with E-state index in [-0.39, 0.29) is 5.41 Å². The van der Waals surface area contributed by atoms with Crippen molar-refractivity contribution >= 4 is 12.2 Å². The van der Waals surface area contributed by atoms with E-state index in [4.69, 9.17) is 9.47 Å². The first-order valence-corrected chi connectivity index (χ1v) is 11.1. The van der Waals surface area contributed by atoms with Crippen molar-refractivity contribution in [3.05, 3.63) is 0 Å².